The van der Waals surface area contributed by atoms with E-state index in [2.05, 4.69) is 32.7 Å². The minimum Gasteiger partial charge on any atom is -0.493 e. The fourth-order valence-electron chi connectivity index (χ4n) is 2.67. The van der Waals surface area contributed by atoms with Crippen LogP contribution in [0.15, 0.2) is 60.7 Å². The molecule has 0 radical (unpaired) electrons. The van der Waals surface area contributed by atoms with Crippen LogP contribution in [0.1, 0.15) is 0 Å². The van der Waals surface area contributed by atoms with E-state index in [4.69, 9.17) is 17.1 Å². The molecule has 0 spiro atoms. The molecule has 0 aliphatic rings. The van der Waals surface area contributed by atoms with Gasteiger partial charge in [0.25, 0.3) is 0 Å². The van der Waals surface area contributed by atoms with E-state index in [0.29, 0.717) is 0 Å². The van der Waals surface area contributed by atoms with Gasteiger partial charge >= 0.3 is 17.4 Å². The van der Waals surface area contributed by atoms with Crippen molar-refractivity contribution in [2.75, 3.05) is 0 Å². The normalized spacial score (nSPS) is 12.7. The molecule has 25 heavy (non-hydrogen) atoms. The molecule has 0 aromatic heterocycles. The van der Waals surface area contributed by atoms with E-state index in [1.165, 1.54) is 0 Å². The van der Waals surface area contributed by atoms with Gasteiger partial charge in [-0.1, -0.05) is 36.4 Å². The van der Waals surface area contributed by atoms with Crippen molar-refractivity contribution in [2.45, 2.75) is 39.3 Å². The van der Waals surface area contributed by atoms with Crippen molar-refractivity contribution < 1.29 is 17.1 Å². The third-order valence-corrected chi connectivity index (χ3v) is 12.2. The summed E-state index contributed by atoms with van der Waals surface area (Å²) in [6.07, 6.45) is 0. The molecule has 4 nitrogen and oxygen atoms in total. The molecule has 136 valence electrons. The SMILES string of the molecule is C[Si](C)(C)O[Si](C)(C)O[Si](C)(Oc1ccccc1)Oc1ccccc1. The second kappa shape index (κ2) is 7.88. The van der Waals surface area contributed by atoms with Gasteiger partial charge in [-0.05, 0) is 57.0 Å². The molecule has 2 rings (SSSR count). The molecule has 0 atom stereocenters. The van der Waals surface area contributed by atoms with Crippen LogP contribution in [0.25, 0.3) is 0 Å². The smallest absolute Gasteiger partial charge is 0.493 e. The first-order chi connectivity index (χ1) is 11.6. The Hall–Kier alpha value is -1.39. The lowest BCUT2D eigenvalue weighted by Gasteiger charge is -2.37. The topological polar surface area (TPSA) is 36.9 Å². The predicted octanol–water partition coefficient (Wildman–Crippen LogP) is 5.28. The van der Waals surface area contributed by atoms with Crippen LogP contribution in [0, 0.1) is 0 Å². The molecular weight excluding hydrogens is 364 g/mol. The fourth-order valence-corrected chi connectivity index (χ4v) is 14.2. The lowest BCUT2D eigenvalue weighted by molar-refractivity contribution is 0.241. The zero-order valence-electron chi connectivity index (χ0n) is 15.9. The lowest BCUT2D eigenvalue weighted by atomic mass is 10.3. The quantitative estimate of drug-likeness (QED) is 0.573. The number of benzene rings is 2. The first-order valence-electron chi connectivity index (χ1n) is 8.45. The summed E-state index contributed by atoms with van der Waals surface area (Å²) < 4.78 is 25.2. The first-order valence-corrected chi connectivity index (χ1v) is 16.9. The molecule has 0 unspecified atom stereocenters. The number of para-hydroxylation sites is 2. The molecule has 0 bridgehead atoms. The predicted molar refractivity (Wildman–Crippen MR) is 109 cm³/mol. The number of rotatable bonds is 8. The number of hydrogen-bond donors (Lipinski definition) is 0. The summed E-state index contributed by atoms with van der Waals surface area (Å²) >= 11 is 0. The van der Waals surface area contributed by atoms with E-state index < -0.39 is 25.7 Å². The van der Waals surface area contributed by atoms with Gasteiger partial charge in [0.05, 0.1) is 0 Å². The van der Waals surface area contributed by atoms with Gasteiger partial charge in [0.2, 0.25) is 0 Å². The Morgan fingerprint density at radius 2 is 0.960 bits per heavy atom. The summed E-state index contributed by atoms with van der Waals surface area (Å²) in [5.41, 5.74) is 0. The Morgan fingerprint density at radius 1 is 0.560 bits per heavy atom. The van der Waals surface area contributed by atoms with E-state index in [1.807, 2.05) is 67.2 Å². The van der Waals surface area contributed by atoms with Crippen LogP contribution in [0.5, 0.6) is 11.5 Å². The van der Waals surface area contributed by atoms with Gasteiger partial charge < -0.3 is 17.1 Å². The second-order valence-electron chi connectivity index (χ2n) is 7.41. The summed E-state index contributed by atoms with van der Waals surface area (Å²) in [5, 5.41) is 0. The minimum atomic E-state index is -3.01. The standard InChI is InChI=1S/C18H28O4Si3/c1-23(2,3)21-24(4,5)22-25(6,19-17-13-9-7-10-14-17)20-18-15-11-8-12-16-18/h7-16H,1-6H3. The molecule has 0 saturated heterocycles. The van der Waals surface area contributed by atoms with Crippen LogP contribution < -0.4 is 8.85 Å². The highest BCUT2D eigenvalue weighted by Gasteiger charge is 2.48. The van der Waals surface area contributed by atoms with E-state index in [-0.39, 0.29) is 0 Å². The van der Waals surface area contributed by atoms with Gasteiger partial charge in [-0.2, -0.15) is 0 Å². The molecule has 0 aliphatic heterocycles. The molecule has 2 aromatic carbocycles. The molecule has 2 aromatic rings. The summed E-state index contributed by atoms with van der Waals surface area (Å²) in [6.45, 7) is 12.5. The van der Waals surface area contributed by atoms with Crippen LogP contribution in [0.2, 0.25) is 39.3 Å². The third kappa shape index (κ3) is 7.17. The van der Waals surface area contributed by atoms with Crippen LogP contribution >= 0.6 is 0 Å². The lowest BCUT2D eigenvalue weighted by Crippen LogP contribution is -2.58. The first kappa shape index (κ1) is 19.9. The van der Waals surface area contributed by atoms with Crippen molar-refractivity contribution in [3.63, 3.8) is 0 Å². The number of hydrogen-bond acceptors (Lipinski definition) is 4. The van der Waals surface area contributed by atoms with Gasteiger partial charge in [-0.3, -0.25) is 0 Å². The Kier molecular flexibility index (Phi) is 6.28. The van der Waals surface area contributed by atoms with Crippen molar-refractivity contribution in [1.29, 1.82) is 0 Å². The Labute approximate surface area is 154 Å². The molecular formula is C18H28O4Si3. The van der Waals surface area contributed by atoms with Gasteiger partial charge in [-0.15, -0.1) is 0 Å². The van der Waals surface area contributed by atoms with Gasteiger partial charge in [-0.25, -0.2) is 0 Å². The fraction of sp³-hybridized carbons (Fsp3) is 0.333. The van der Waals surface area contributed by atoms with E-state index in [1.54, 1.807) is 0 Å². The average Bonchev–Trinajstić information content (AvgIpc) is 2.45. The summed E-state index contributed by atoms with van der Waals surface area (Å²) in [5.74, 6) is 1.48. The summed E-state index contributed by atoms with van der Waals surface area (Å²) in [4.78, 5) is 0. The summed E-state index contributed by atoms with van der Waals surface area (Å²) in [7, 11) is -7.14. The zero-order chi connectivity index (χ0) is 18.6. The second-order valence-corrected chi connectivity index (χ2v) is 18.2. The molecule has 0 heterocycles. The van der Waals surface area contributed by atoms with E-state index in [9.17, 15) is 0 Å². The maximum absolute atomic E-state index is 6.46. The van der Waals surface area contributed by atoms with Crippen molar-refractivity contribution >= 4 is 25.7 Å². The Bertz CT molecular complexity index is 616. The van der Waals surface area contributed by atoms with Crippen LogP contribution in [-0.4, -0.2) is 25.7 Å². The molecule has 0 amide bonds. The summed E-state index contributed by atoms with van der Waals surface area (Å²) in [6, 6.07) is 19.3. The largest absolute Gasteiger partial charge is 0.619 e. The van der Waals surface area contributed by atoms with E-state index >= 15 is 0 Å². The molecule has 0 fully saturated rings. The average molecular weight is 393 g/mol. The molecule has 7 heteroatoms. The zero-order valence-corrected chi connectivity index (χ0v) is 18.9. The highest BCUT2D eigenvalue weighted by molar-refractivity contribution is 6.85. The van der Waals surface area contributed by atoms with Crippen LogP contribution in [0.4, 0.5) is 0 Å². The van der Waals surface area contributed by atoms with Crippen molar-refractivity contribution in [3.05, 3.63) is 60.7 Å². The highest BCUT2D eigenvalue weighted by atomic mass is 28.5. The molecule has 0 saturated carbocycles. The maximum Gasteiger partial charge on any atom is 0.619 e. The Morgan fingerprint density at radius 3 is 1.32 bits per heavy atom. The highest BCUT2D eigenvalue weighted by Crippen LogP contribution is 2.26. The van der Waals surface area contributed by atoms with Gasteiger partial charge in [0.15, 0.2) is 8.32 Å². The van der Waals surface area contributed by atoms with Crippen molar-refractivity contribution in [2.24, 2.45) is 0 Å². The van der Waals surface area contributed by atoms with Crippen molar-refractivity contribution in [1.82, 2.24) is 0 Å². The van der Waals surface area contributed by atoms with E-state index in [0.717, 1.165) is 11.5 Å². The van der Waals surface area contributed by atoms with Gasteiger partial charge in [0.1, 0.15) is 11.5 Å². The molecule has 0 N–H and O–H groups in total. The monoisotopic (exact) mass is 392 g/mol. The van der Waals surface area contributed by atoms with Crippen LogP contribution in [-0.2, 0) is 8.23 Å². The maximum atomic E-state index is 6.46. The minimum absolute atomic E-state index is 0.741. The molecule has 0 aliphatic carbocycles. The Balaban J connectivity index is 2.24. The van der Waals surface area contributed by atoms with Crippen molar-refractivity contribution in [3.8, 4) is 11.5 Å². The third-order valence-electron chi connectivity index (χ3n) is 3.08. The van der Waals surface area contributed by atoms with Gasteiger partial charge in [0, 0.05) is 6.55 Å². The van der Waals surface area contributed by atoms with Crippen LogP contribution in [0.3, 0.4) is 0 Å².